The first kappa shape index (κ1) is 13.7. The third kappa shape index (κ3) is 3.18. The van der Waals surface area contributed by atoms with Gasteiger partial charge in [-0.2, -0.15) is 10.2 Å². The maximum absolute atomic E-state index is 9.02. The third-order valence-corrected chi connectivity index (χ3v) is 2.70. The summed E-state index contributed by atoms with van der Waals surface area (Å²) in [6.45, 7) is 0.318. The van der Waals surface area contributed by atoms with Gasteiger partial charge in [0.25, 0.3) is 0 Å². The molecule has 0 aliphatic heterocycles. The van der Waals surface area contributed by atoms with Gasteiger partial charge in [0.1, 0.15) is 24.0 Å². The molecule has 0 saturated heterocycles. The zero-order chi connectivity index (χ0) is 14.4. The Morgan fingerprint density at radius 3 is 2.40 bits per heavy atom. The van der Waals surface area contributed by atoms with Gasteiger partial charge in [-0.3, -0.25) is 0 Å². The number of nitriles is 1. The molecule has 5 heteroatoms. The second-order valence-electron chi connectivity index (χ2n) is 3.95. The van der Waals surface area contributed by atoms with Crippen molar-refractivity contribution < 1.29 is 14.2 Å². The van der Waals surface area contributed by atoms with E-state index in [1.54, 1.807) is 19.2 Å². The molecule has 2 aromatic rings. The molecule has 0 radical (unpaired) electrons. The largest absolute Gasteiger partial charge is 0.497 e. The summed E-state index contributed by atoms with van der Waals surface area (Å²) >= 11 is 0. The molecule has 1 aromatic heterocycles. The number of rotatable bonds is 5. The van der Waals surface area contributed by atoms with Gasteiger partial charge in [-0.05, 0) is 23.8 Å². The highest BCUT2D eigenvalue weighted by Crippen LogP contribution is 2.20. The first-order chi connectivity index (χ1) is 9.76. The molecule has 2 rings (SSSR count). The van der Waals surface area contributed by atoms with Crippen molar-refractivity contribution in [3.63, 3.8) is 0 Å². The zero-order valence-electron chi connectivity index (χ0n) is 11.3. The Bertz CT molecular complexity index is 618. The normalized spacial score (nSPS) is 9.65. The minimum atomic E-state index is 0.266. The Hall–Kier alpha value is -2.74. The number of pyridine rings is 1. The molecule has 0 aliphatic carbocycles. The van der Waals surface area contributed by atoms with E-state index in [9.17, 15) is 0 Å². The van der Waals surface area contributed by atoms with Crippen LogP contribution < -0.4 is 14.2 Å². The van der Waals surface area contributed by atoms with Crippen molar-refractivity contribution in [1.29, 1.82) is 5.26 Å². The van der Waals surface area contributed by atoms with Crippen molar-refractivity contribution in [2.24, 2.45) is 0 Å². The molecule has 102 valence electrons. The molecule has 0 saturated carbocycles. The van der Waals surface area contributed by atoms with Crippen LogP contribution in [0.2, 0.25) is 0 Å². The van der Waals surface area contributed by atoms with E-state index in [4.69, 9.17) is 19.5 Å². The number of nitrogens with zero attached hydrogens (tertiary/aromatic N) is 2. The number of hydrogen-bond donors (Lipinski definition) is 0. The topological polar surface area (TPSA) is 64.4 Å². The van der Waals surface area contributed by atoms with Crippen molar-refractivity contribution in [3.05, 3.63) is 47.5 Å². The number of hydrogen-bond acceptors (Lipinski definition) is 5. The Kier molecular flexibility index (Phi) is 4.40. The average molecular weight is 270 g/mol. The van der Waals surface area contributed by atoms with Crippen molar-refractivity contribution in [2.75, 3.05) is 14.2 Å². The highest BCUT2D eigenvalue weighted by atomic mass is 16.5. The van der Waals surface area contributed by atoms with Crippen molar-refractivity contribution in [3.8, 4) is 23.6 Å². The van der Waals surface area contributed by atoms with Crippen LogP contribution in [0, 0.1) is 11.3 Å². The standard InChI is InChI=1S/C15H14N2O3/c1-18-13-6-3-11(4-7-13)10-20-15-12(9-16)5-8-14(17-15)19-2/h3-8H,10H2,1-2H3. The zero-order valence-corrected chi connectivity index (χ0v) is 11.3. The second kappa shape index (κ2) is 6.43. The molecule has 0 aliphatic rings. The lowest BCUT2D eigenvalue weighted by atomic mass is 10.2. The molecule has 5 nitrogen and oxygen atoms in total. The van der Waals surface area contributed by atoms with E-state index in [1.807, 2.05) is 30.3 Å². The van der Waals surface area contributed by atoms with Gasteiger partial charge in [-0.1, -0.05) is 12.1 Å². The summed E-state index contributed by atoms with van der Waals surface area (Å²) in [6, 6.07) is 12.8. The van der Waals surface area contributed by atoms with E-state index in [-0.39, 0.29) is 5.88 Å². The molecule has 1 aromatic carbocycles. The molecule has 0 N–H and O–H groups in total. The molecule has 0 amide bonds. The van der Waals surface area contributed by atoms with Gasteiger partial charge in [-0.25, -0.2) is 0 Å². The highest BCUT2D eigenvalue weighted by Gasteiger charge is 2.07. The maximum atomic E-state index is 9.02. The molecule has 0 bridgehead atoms. The minimum absolute atomic E-state index is 0.266. The predicted octanol–water partition coefficient (Wildman–Crippen LogP) is 2.55. The summed E-state index contributed by atoms with van der Waals surface area (Å²) in [5.41, 5.74) is 1.33. The maximum Gasteiger partial charge on any atom is 0.235 e. The number of methoxy groups -OCH3 is 2. The molecule has 0 spiro atoms. The summed E-state index contributed by atoms with van der Waals surface area (Å²) in [5.74, 6) is 1.46. The number of aromatic nitrogens is 1. The fourth-order valence-electron chi connectivity index (χ4n) is 1.61. The van der Waals surface area contributed by atoms with E-state index >= 15 is 0 Å². The van der Waals surface area contributed by atoms with Crippen LogP contribution in [0.5, 0.6) is 17.5 Å². The molecule has 0 unspecified atom stereocenters. The van der Waals surface area contributed by atoms with Crippen LogP contribution in [0.25, 0.3) is 0 Å². The lowest BCUT2D eigenvalue weighted by Crippen LogP contribution is -2.00. The van der Waals surface area contributed by atoms with Crippen LogP contribution in [0.3, 0.4) is 0 Å². The van der Waals surface area contributed by atoms with Gasteiger partial charge in [-0.15, -0.1) is 0 Å². The first-order valence-corrected chi connectivity index (χ1v) is 5.97. The van der Waals surface area contributed by atoms with Gasteiger partial charge in [0.15, 0.2) is 0 Å². The van der Waals surface area contributed by atoms with Crippen LogP contribution in [0.4, 0.5) is 0 Å². The molecular weight excluding hydrogens is 256 g/mol. The van der Waals surface area contributed by atoms with Gasteiger partial charge >= 0.3 is 0 Å². The third-order valence-electron chi connectivity index (χ3n) is 2.70. The Labute approximate surface area is 117 Å². The SMILES string of the molecule is COc1ccc(COc2nc(OC)ccc2C#N)cc1. The molecule has 20 heavy (non-hydrogen) atoms. The Morgan fingerprint density at radius 1 is 1.05 bits per heavy atom. The summed E-state index contributed by atoms with van der Waals surface area (Å²) in [6.07, 6.45) is 0. The summed E-state index contributed by atoms with van der Waals surface area (Å²) in [5, 5.41) is 9.02. The van der Waals surface area contributed by atoms with Crippen molar-refractivity contribution >= 4 is 0 Å². The Morgan fingerprint density at radius 2 is 1.80 bits per heavy atom. The van der Waals surface area contributed by atoms with E-state index in [0.717, 1.165) is 11.3 Å². The average Bonchev–Trinajstić information content (AvgIpc) is 2.53. The van der Waals surface area contributed by atoms with Crippen LogP contribution >= 0.6 is 0 Å². The molecule has 1 heterocycles. The van der Waals surface area contributed by atoms with E-state index < -0.39 is 0 Å². The van der Waals surface area contributed by atoms with E-state index in [2.05, 4.69) is 4.98 Å². The second-order valence-corrected chi connectivity index (χ2v) is 3.95. The molecule has 0 atom stereocenters. The van der Waals surface area contributed by atoms with Crippen LogP contribution in [-0.4, -0.2) is 19.2 Å². The molecule has 0 fully saturated rings. The fourth-order valence-corrected chi connectivity index (χ4v) is 1.61. The van der Waals surface area contributed by atoms with Gasteiger partial charge in [0, 0.05) is 6.07 Å². The van der Waals surface area contributed by atoms with Crippen LogP contribution in [-0.2, 0) is 6.61 Å². The predicted molar refractivity (Wildman–Crippen MR) is 72.8 cm³/mol. The Balaban J connectivity index is 2.11. The van der Waals surface area contributed by atoms with Crippen molar-refractivity contribution in [2.45, 2.75) is 6.61 Å². The van der Waals surface area contributed by atoms with Gasteiger partial charge < -0.3 is 14.2 Å². The summed E-state index contributed by atoms with van der Waals surface area (Å²) in [7, 11) is 3.13. The lowest BCUT2D eigenvalue weighted by Gasteiger charge is -2.08. The smallest absolute Gasteiger partial charge is 0.235 e. The first-order valence-electron chi connectivity index (χ1n) is 5.97. The minimum Gasteiger partial charge on any atom is -0.497 e. The quantitative estimate of drug-likeness (QED) is 0.835. The highest BCUT2D eigenvalue weighted by molar-refractivity contribution is 5.40. The fraction of sp³-hybridized carbons (Fsp3) is 0.200. The number of benzene rings is 1. The summed E-state index contributed by atoms with van der Waals surface area (Å²) < 4.78 is 15.7. The number of ether oxygens (including phenoxy) is 3. The van der Waals surface area contributed by atoms with Crippen molar-refractivity contribution in [1.82, 2.24) is 4.98 Å². The summed E-state index contributed by atoms with van der Waals surface area (Å²) in [4.78, 5) is 4.12. The van der Waals surface area contributed by atoms with Gasteiger partial charge in [0.05, 0.1) is 14.2 Å². The van der Waals surface area contributed by atoms with Crippen LogP contribution in [0.15, 0.2) is 36.4 Å². The molecular formula is C15H14N2O3. The van der Waals surface area contributed by atoms with Gasteiger partial charge in [0.2, 0.25) is 11.8 Å². The monoisotopic (exact) mass is 270 g/mol. The lowest BCUT2D eigenvalue weighted by molar-refractivity contribution is 0.286. The van der Waals surface area contributed by atoms with E-state index in [1.165, 1.54) is 7.11 Å². The van der Waals surface area contributed by atoms with Crippen LogP contribution in [0.1, 0.15) is 11.1 Å². The van der Waals surface area contributed by atoms with E-state index in [0.29, 0.717) is 18.1 Å².